The highest BCUT2D eigenvalue weighted by molar-refractivity contribution is 5.87. The second kappa shape index (κ2) is 7.32. The van der Waals surface area contributed by atoms with E-state index in [1.54, 1.807) is 24.5 Å². The van der Waals surface area contributed by atoms with Gasteiger partial charge in [-0.1, -0.05) is 12.1 Å². The van der Waals surface area contributed by atoms with Crippen molar-refractivity contribution in [3.05, 3.63) is 36.7 Å². The minimum Gasteiger partial charge on any atom is -0.462 e. The van der Waals surface area contributed by atoms with Gasteiger partial charge in [-0.3, -0.25) is 9.78 Å². The predicted octanol–water partition coefficient (Wildman–Crippen LogP) is -0.443. The van der Waals surface area contributed by atoms with E-state index < -0.39 is 43.2 Å². The molecular formula is C17H20N2O6. The van der Waals surface area contributed by atoms with Crippen LogP contribution in [0.25, 0.3) is 10.8 Å². The Kier molecular flexibility index (Phi) is 5.14. The normalized spacial score (nSPS) is 29.4. The molecule has 0 spiro atoms. The molecule has 1 amide bonds. The summed E-state index contributed by atoms with van der Waals surface area (Å²) in [5.74, 6) is 0.0433. The third-order valence-corrected chi connectivity index (χ3v) is 4.14. The highest BCUT2D eigenvalue weighted by atomic mass is 16.7. The Hall–Kier alpha value is -2.26. The molecule has 1 fully saturated rings. The number of hydrogen-bond donors (Lipinski definition) is 4. The van der Waals surface area contributed by atoms with Crippen LogP contribution in [0.3, 0.4) is 0 Å². The first-order valence-corrected chi connectivity index (χ1v) is 7.90. The Morgan fingerprint density at radius 3 is 2.84 bits per heavy atom. The predicted molar refractivity (Wildman–Crippen MR) is 87.7 cm³/mol. The molecule has 4 N–H and O–H groups in total. The lowest BCUT2D eigenvalue weighted by Crippen LogP contribution is -2.65. The van der Waals surface area contributed by atoms with Gasteiger partial charge in [0.05, 0.1) is 6.61 Å². The molecule has 1 aliphatic heterocycles. The minimum absolute atomic E-state index is 0.407. The fraction of sp³-hybridized carbons (Fsp3) is 0.412. The summed E-state index contributed by atoms with van der Waals surface area (Å²) in [6.07, 6.45) is -1.53. The molecule has 25 heavy (non-hydrogen) atoms. The van der Waals surface area contributed by atoms with Gasteiger partial charge in [0, 0.05) is 24.7 Å². The molecule has 2 aromatic rings. The first-order valence-electron chi connectivity index (χ1n) is 7.90. The maximum atomic E-state index is 11.5. The van der Waals surface area contributed by atoms with Gasteiger partial charge < -0.3 is 30.1 Å². The smallest absolute Gasteiger partial charge is 0.223 e. The van der Waals surface area contributed by atoms with Gasteiger partial charge in [-0.25, -0.2) is 0 Å². The number of hydrogen-bond acceptors (Lipinski definition) is 7. The van der Waals surface area contributed by atoms with Crippen LogP contribution < -0.4 is 10.1 Å². The van der Waals surface area contributed by atoms with Crippen molar-refractivity contribution in [3.63, 3.8) is 0 Å². The zero-order valence-corrected chi connectivity index (χ0v) is 13.6. The average Bonchev–Trinajstić information content (AvgIpc) is 2.61. The number of benzene rings is 1. The monoisotopic (exact) mass is 348 g/mol. The molecule has 0 radical (unpaired) electrons. The molecule has 1 aliphatic rings. The first-order chi connectivity index (χ1) is 12.0. The van der Waals surface area contributed by atoms with Crippen LogP contribution >= 0.6 is 0 Å². The average molecular weight is 348 g/mol. The van der Waals surface area contributed by atoms with Crippen LogP contribution in [-0.4, -0.2) is 63.5 Å². The van der Waals surface area contributed by atoms with Crippen molar-refractivity contribution < 1.29 is 29.6 Å². The summed E-state index contributed by atoms with van der Waals surface area (Å²) in [7, 11) is 0. The van der Waals surface area contributed by atoms with E-state index in [0.29, 0.717) is 5.75 Å². The third kappa shape index (κ3) is 3.57. The number of ether oxygens (including phenoxy) is 2. The molecule has 8 nitrogen and oxygen atoms in total. The van der Waals surface area contributed by atoms with E-state index in [0.717, 1.165) is 10.8 Å². The Bertz CT molecular complexity index is 750. The number of carbonyl (C=O) groups excluding carboxylic acids is 1. The summed E-state index contributed by atoms with van der Waals surface area (Å²) in [5.41, 5.74) is 0. The largest absolute Gasteiger partial charge is 0.462 e. The van der Waals surface area contributed by atoms with E-state index in [2.05, 4.69) is 10.3 Å². The van der Waals surface area contributed by atoms with Crippen LogP contribution in [0.2, 0.25) is 0 Å². The highest BCUT2D eigenvalue weighted by Gasteiger charge is 2.46. The van der Waals surface area contributed by atoms with E-state index in [9.17, 15) is 20.1 Å². The van der Waals surface area contributed by atoms with E-state index >= 15 is 0 Å². The molecule has 1 aromatic carbocycles. The summed E-state index contributed by atoms with van der Waals surface area (Å²) >= 11 is 0. The topological polar surface area (TPSA) is 121 Å². The molecule has 2 heterocycles. The van der Waals surface area contributed by atoms with E-state index in [-0.39, 0.29) is 0 Å². The van der Waals surface area contributed by atoms with Crippen molar-refractivity contribution in [2.24, 2.45) is 0 Å². The molecule has 0 aliphatic carbocycles. The number of aromatic nitrogens is 1. The molecule has 134 valence electrons. The quantitative estimate of drug-likeness (QED) is 0.591. The number of aliphatic hydroxyl groups is 3. The third-order valence-electron chi connectivity index (χ3n) is 4.14. The Labute approximate surface area is 144 Å². The summed E-state index contributed by atoms with van der Waals surface area (Å²) < 4.78 is 11.4. The lowest BCUT2D eigenvalue weighted by Gasteiger charge is -2.42. The number of nitrogens with zero attached hydrogens (tertiary/aromatic N) is 1. The number of pyridine rings is 1. The molecule has 3 rings (SSSR count). The molecule has 0 bridgehead atoms. The van der Waals surface area contributed by atoms with Crippen molar-refractivity contribution in [1.82, 2.24) is 10.3 Å². The number of nitrogens with one attached hydrogen (secondary N) is 1. The summed E-state index contributed by atoms with van der Waals surface area (Å²) in [6.45, 7) is 0.790. The van der Waals surface area contributed by atoms with Gasteiger partial charge in [-0.2, -0.15) is 0 Å². The van der Waals surface area contributed by atoms with Crippen LogP contribution in [0.4, 0.5) is 0 Å². The van der Waals surface area contributed by atoms with Crippen molar-refractivity contribution in [1.29, 1.82) is 0 Å². The van der Waals surface area contributed by atoms with Crippen LogP contribution in [0.1, 0.15) is 6.92 Å². The van der Waals surface area contributed by atoms with Crippen LogP contribution in [0.5, 0.6) is 5.75 Å². The minimum atomic E-state index is -1.35. The van der Waals surface area contributed by atoms with Crippen LogP contribution in [0, 0.1) is 0 Å². The zero-order chi connectivity index (χ0) is 18.0. The molecule has 0 saturated carbocycles. The number of amides is 1. The standard InChI is InChI=1S/C17H20N2O6/c1-9(21)19-14-16(23)15(22)13(8-20)25-17(14)24-12-4-2-3-10-5-6-18-7-11(10)12/h2-7,13-17,20,22-23H,8H2,1H3,(H,19,21)/t13-,14?,15?,16?,17-/m1/s1. The van der Waals surface area contributed by atoms with E-state index in [1.807, 2.05) is 12.1 Å². The van der Waals surface area contributed by atoms with Gasteiger partial charge in [-0.05, 0) is 17.5 Å². The summed E-state index contributed by atoms with van der Waals surface area (Å²) in [5, 5.41) is 33.8. The van der Waals surface area contributed by atoms with Gasteiger partial charge >= 0.3 is 0 Å². The van der Waals surface area contributed by atoms with Gasteiger partial charge in [0.2, 0.25) is 12.2 Å². The molecule has 3 unspecified atom stereocenters. The first kappa shape index (κ1) is 17.6. The van der Waals surface area contributed by atoms with Crippen molar-refractivity contribution in [3.8, 4) is 5.75 Å². The summed E-state index contributed by atoms with van der Waals surface area (Å²) in [6, 6.07) is 6.23. The van der Waals surface area contributed by atoms with Gasteiger partial charge in [0.15, 0.2) is 0 Å². The van der Waals surface area contributed by atoms with Crippen molar-refractivity contribution >= 4 is 16.7 Å². The van der Waals surface area contributed by atoms with E-state index in [1.165, 1.54) is 6.92 Å². The van der Waals surface area contributed by atoms with Crippen molar-refractivity contribution in [2.45, 2.75) is 37.6 Å². The zero-order valence-electron chi connectivity index (χ0n) is 13.6. The summed E-state index contributed by atoms with van der Waals surface area (Å²) in [4.78, 5) is 15.5. The second-order valence-electron chi connectivity index (χ2n) is 5.90. The van der Waals surface area contributed by atoms with E-state index in [4.69, 9.17) is 9.47 Å². The molecule has 5 atom stereocenters. The maximum absolute atomic E-state index is 11.5. The molecule has 8 heteroatoms. The lowest BCUT2D eigenvalue weighted by atomic mass is 9.97. The molecular weight excluding hydrogens is 328 g/mol. The number of rotatable bonds is 4. The second-order valence-corrected chi connectivity index (χ2v) is 5.90. The molecule has 1 saturated heterocycles. The fourth-order valence-corrected chi connectivity index (χ4v) is 2.88. The van der Waals surface area contributed by atoms with Gasteiger partial charge in [-0.15, -0.1) is 0 Å². The fourth-order valence-electron chi connectivity index (χ4n) is 2.88. The SMILES string of the molecule is CC(=O)NC1C(O)C(O)[C@@H](CO)O[C@H]1Oc1cccc2ccncc12. The van der Waals surface area contributed by atoms with Gasteiger partial charge in [0.1, 0.15) is 30.1 Å². The Balaban J connectivity index is 1.92. The highest BCUT2D eigenvalue weighted by Crippen LogP contribution is 2.29. The van der Waals surface area contributed by atoms with Crippen LogP contribution in [0.15, 0.2) is 36.7 Å². The van der Waals surface area contributed by atoms with Crippen molar-refractivity contribution in [2.75, 3.05) is 6.61 Å². The maximum Gasteiger partial charge on any atom is 0.223 e. The Morgan fingerprint density at radius 1 is 1.32 bits per heavy atom. The Morgan fingerprint density at radius 2 is 2.12 bits per heavy atom. The number of carbonyl (C=O) groups is 1. The number of aliphatic hydroxyl groups excluding tert-OH is 3. The van der Waals surface area contributed by atoms with Gasteiger partial charge in [0.25, 0.3) is 0 Å². The lowest BCUT2D eigenvalue weighted by molar-refractivity contribution is -0.244. The molecule has 1 aromatic heterocycles. The number of fused-ring (bicyclic) bond motifs is 1. The van der Waals surface area contributed by atoms with Crippen LogP contribution in [-0.2, 0) is 9.53 Å².